The summed E-state index contributed by atoms with van der Waals surface area (Å²) in [7, 11) is 0. The number of aromatic nitrogens is 1. The van der Waals surface area contributed by atoms with E-state index in [0.29, 0.717) is 30.1 Å². The zero-order valence-corrected chi connectivity index (χ0v) is 14.8. The van der Waals surface area contributed by atoms with Crippen LogP contribution in [0.4, 0.5) is 0 Å². The smallest absolute Gasteiger partial charge is 0.252 e. The van der Waals surface area contributed by atoms with Gasteiger partial charge in [-0.15, -0.1) is 0 Å². The molecule has 26 heavy (non-hydrogen) atoms. The van der Waals surface area contributed by atoms with E-state index in [0.717, 1.165) is 10.9 Å². The number of para-hydroxylation sites is 1. The van der Waals surface area contributed by atoms with E-state index in [1.165, 1.54) is 0 Å². The van der Waals surface area contributed by atoms with Gasteiger partial charge in [-0.05, 0) is 24.3 Å². The Morgan fingerprint density at radius 2 is 1.85 bits per heavy atom. The van der Waals surface area contributed by atoms with Gasteiger partial charge in [0.1, 0.15) is 5.69 Å². The molecule has 0 radical (unpaired) electrons. The number of furan rings is 1. The van der Waals surface area contributed by atoms with Crippen LogP contribution in [-0.2, 0) is 4.79 Å². The molecule has 0 saturated carbocycles. The minimum Gasteiger partial charge on any atom is -0.463 e. The average Bonchev–Trinajstić information content (AvgIpc) is 3.18. The number of benzene rings is 1. The van der Waals surface area contributed by atoms with Crippen molar-refractivity contribution in [2.24, 2.45) is 5.92 Å². The Balaban J connectivity index is 1.79. The van der Waals surface area contributed by atoms with Crippen molar-refractivity contribution < 1.29 is 14.0 Å². The lowest BCUT2D eigenvalue weighted by atomic mass is 10.1. The van der Waals surface area contributed by atoms with E-state index in [4.69, 9.17) is 4.42 Å². The summed E-state index contributed by atoms with van der Waals surface area (Å²) in [5, 5.41) is 6.39. The summed E-state index contributed by atoms with van der Waals surface area (Å²) in [5.74, 6) is 0.281. The maximum absolute atomic E-state index is 12.7. The lowest BCUT2D eigenvalue weighted by Crippen LogP contribution is -2.36. The molecule has 0 unspecified atom stereocenters. The molecule has 0 aliphatic heterocycles. The number of pyridine rings is 1. The van der Waals surface area contributed by atoms with Gasteiger partial charge in [0.05, 0.1) is 17.3 Å². The zero-order valence-electron chi connectivity index (χ0n) is 14.8. The highest BCUT2D eigenvalue weighted by molar-refractivity contribution is 6.07. The quantitative estimate of drug-likeness (QED) is 0.669. The highest BCUT2D eigenvalue weighted by atomic mass is 16.3. The van der Waals surface area contributed by atoms with Crippen molar-refractivity contribution in [3.05, 3.63) is 54.3 Å². The Morgan fingerprint density at radius 1 is 1.08 bits per heavy atom. The van der Waals surface area contributed by atoms with Gasteiger partial charge in [-0.25, -0.2) is 4.98 Å². The molecular formula is C20H21N3O3. The Hall–Kier alpha value is -3.15. The molecule has 2 aromatic heterocycles. The van der Waals surface area contributed by atoms with Crippen molar-refractivity contribution in [2.45, 2.75) is 13.8 Å². The number of nitrogens with zero attached hydrogens (tertiary/aromatic N) is 1. The molecule has 0 aliphatic carbocycles. The van der Waals surface area contributed by atoms with Crippen LogP contribution in [0.5, 0.6) is 0 Å². The molecule has 2 amide bonds. The summed E-state index contributed by atoms with van der Waals surface area (Å²) in [6.45, 7) is 4.39. The molecule has 3 rings (SSSR count). The van der Waals surface area contributed by atoms with Crippen LogP contribution in [0.3, 0.4) is 0 Å². The average molecular weight is 351 g/mol. The molecule has 3 aromatic rings. The van der Waals surface area contributed by atoms with E-state index < -0.39 is 0 Å². The van der Waals surface area contributed by atoms with Crippen molar-refractivity contribution in [3.8, 4) is 11.5 Å². The first kappa shape index (κ1) is 17.7. The Bertz CT molecular complexity index is 917. The van der Waals surface area contributed by atoms with Gasteiger partial charge < -0.3 is 15.1 Å². The third kappa shape index (κ3) is 3.91. The van der Waals surface area contributed by atoms with Crippen molar-refractivity contribution in [1.82, 2.24) is 15.6 Å². The molecule has 0 spiro atoms. The van der Waals surface area contributed by atoms with Gasteiger partial charge in [0, 0.05) is 24.4 Å². The lowest BCUT2D eigenvalue weighted by Gasteiger charge is -2.11. The molecular weight excluding hydrogens is 330 g/mol. The van der Waals surface area contributed by atoms with E-state index >= 15 is 0 Å². The van der Waals surface area contributed by atoms with Crippen LogP contribution < -0.4 is 10.6 Å². The van der Waals surface area contributed by atoms with E-state index in [1.807, 2.05) is 38.1 Å². The molecule has 6 nitrogen and oxygen atoms in total. The third-order valence-corrected chi connectivity index (χ3v) is 3.97. The van der Waals surface area contributed by atoms with Gasteiger partial charge in [0.25, 0.3) is 5.91 Å². The van der Waals surface area contributed by atoms with Gasteiger partial charge >= 0.3 is 0 Å². The number of rotatable bonds is 6. The van der Waals surface area contributed by atoms with Crippen molar-refractivity contribution in [2.75, 3.05) is 13.1 Å². The molecule has 0 bridgehead atoms. The molecule has 134 valence electrons. The van der Waals surface area contributed by atoms with Crippen LogP contribution in [0.2, 0.25) is 0 Å². The summed E-state index contributed by atoms with van der Waals surface area (Å²) in [4.78, 5) is 28.8. The normalized spacial score (nSPS) is 10.9. The SMILES string of the molecule is CC(C)C(=O)NCCNC(=O)c1cc(-c2ccco2)nc2ccccc12. The number of amides is 2. The van der Waals surface area contributed by atoms with Gasteiger partial charge in [0.15, 0.2) is 5.76 Å². The Kier molecular flexibility index (Phi) is 5.31. The van der Waals surface area contributed by atoms with E-state index in [9.17, 15) is 9.59 Å². The summed E-state index contributed by atoms with van der Waals surface area (Å²) in [6.07, 6.45) is 1.57. The van der Waals surface area contributed by atoms with Crippen molar-refractivity contribution in [1.29, 1.82) is 0 Å². The van der Waals surface area contributed by atoms with Crippen LogP contribution in [0, 0.1) is 5.92 Å². The highest BCUT2D eigenvalue weighted by Crippen LogP contribution is 2.25. The van der Waals surface area contributed by atoms with Crippen molar-refractivity contribution in [3.63, 3.8) is 0 Å². The van der Waals surface area contributed by atoms with Gasteiger partial charge in [-0.3, -0.25) is 9.59 Å². The topological polar surface area (TPSA) is 84.2 Å². The van der Waals surface area contributed by atoms with Gasteiger partial charge in [-0.1, -0.05) is 32.0 Å². The van der Waals surface area contributed by atoms with Crippen LogP contribution in [0.1, 0.15) is 24.2 Å². The van der Waals surface area contributed by atoms with E-state index in [2.05, 4.69) is 15.6 Å². The second-order valence-corrected chi connectivity index (χ2v) is 6.25. The maximum Gasteiger partial charge on any atom is 0.252 e. The predicted octanol–water partition coefficient (Wildman–Crippen LogP) is 3.00. The highest BCUT2D eigenvalue weighted by Gasteiger charge is 2.15. The number of hydrogen-bond acceptors (Lipinski definition) is 4. The molecule has 2 heterocycles. The van der Waals surface area contributed by atoms with E-state index in [1.54, 1.807) is 24.5 Å². The second-order valence-electron chi connectivity index (χ2n) is 6.25. The number of carbonyl (C=O) groups is 2. The number of hydrogen-bond donors (Lipinski definition) is 2. The third-order valence-electron chi connectivity index (χ3n) is 3.97. The second kappa shape index (κ2) is 7.82. The first-order chi connectivity index (χ1) is 12.6. The fourth-order valence-electron chi connectivity index (χ4n) is 2.57. The predicted molar refractivity (Wildman–Crippen MR) is 99.6 cm³/mol. The molecule has 0 fully saturated rings. The van der Waals surface area contributed by atoms with Crippen LogP contribution in [0.25, 0.3) is 22.4 Å². The fourth-order valence-corrected chi connectivity index (χ4v) is 2.57. The minimum absolute atomic E-state index is 0.0336. The van der Waals surface area contributed by atoms with E-state index in [-0.39, 0.29) is 17.7 Å². The summed E-state index contributed by atoms with van der Waals surface area (Å²) < 4.78 is 5.41. The molecule has 0 atom stereocenters. The Labute approximate surface area is 151 Å². The standard InChI is InChI=1S/C20H21N3O3/c1-13(2)19(24)21-9-10-22-20(25)15-12-17(18-8-5-11-26-18)23-16-7-4-3-6-14(15)16/h3-8,11-13H,9-10H2,1-2H3,(H,21,24)(H,22,25). The number of fused-ring (bicyclic) bond motifs is 1. The monoisotopic (exact) mass is 351 g/mol. The molecule has 6 heteroatoms. The van der Waals surface area contributed by atoms with Crippen LogP contribution in [0.15, 0.2) is 53.1 Å². The van der Waals surface area contributed by atoms with Crippen molar-refractivity contribution >= 4 is 22.7 Å². The molecule has 2 N–H and O–H groups in total. The summed E-state index contributed by atoms with van der Waals surface area (Å²) in [6, 6.07) is 12.8. The molecule has 0 aliphatic rings. The van der Waals surface area contributed by atoms with Gasteiger partial charge in [0.2, 0.25) is 5.91 Å². The first-order valence-electron chi connectivity index (χ1n) is 8.56. The molecule has 1 aromatic carbocycles. The maximum atomic E-state index is 12.7. The number of carbonyl (C=O) groups excluding carboxylic acids is 2. The first-order valence-corrected chi connectivity index (χ1v) is 8.56. The van der Waals surface area contributed by atoms with Crippen LogP contribution in [-0.4, -0.2) is 29.9 Å². The number of nitrogens with one attached hydrogen (secondary N) is 2. The fraction of sp³-hybridized carbons (Fsp3) is 0.250. The largest absolute Gasteiger partial charge is 0.463 e. The summed E-state index contributed by atoms with van der Waals surface area (Å²) >= 11 is 0. The molecule has 0 saturated heterocycles. The van der Waals surface area contributed by atoms with Crippen LogP contribution >= 0.6 is 0 Å². The lowest BCUT2D eigenvalue weighted by molar-refractivity contribution is -0.123. The minimum atomic E-state index is -0.213. The summed E-state index contributed by atoms with van der Waals surface area (Å²) in [5.41, 5.74) is 1.85. The van der Waals surface area contributed by atoms with Gasteiger partial charge in [-0.2, -0.15) is 0 Å². The zero-order chi connectivity index (χ0) is 18.5. The Morgan fingerprint density at radius 3 is 2.58 bits per heavy atom.